The SMILES string of the molecule is Cc1cccc(OCC2CCN(C(=O)c3cccc(C#N)c3)CC2)c1. The van der Waals surface area contributed by atoms with Crippen LogP contribution in [0.5, 0.6) is 5.75 Å². The molecule has 1 fully saturated rings. The maximum absolute atomic E-state index is 12.6. The first-order chi connectivity index (χ1) is 12.2. The number of nitriles is 1. The fourth-order valence-electron chi connectivity index (χ4n) is 3.13. The van der Waals surface area contributed by atoms with Gasteiger partial charge in [-0.05, 0) is 61.6 Å². The van der Waals surface area contributed by atoms with Crippen LogP contribution >= 0.6 is 0 Å². The molecule has 1 aliphatic heterocycles. The number of carbonyl (C=O) groups excluding carboxylic acids is 1. The van der Waals surface area contributed by atoms with E-state index in [9.17, 15) is 4.79 Å². The zero-order valence-electron chi connectivity index (χ0n) is 14.4. The fraction of sp³-hybridized carbons (Fsp3) is 0.333. The molecule has 0 unspecified atom stereocenters. The predicted octanol–water partition coefficient (Wildman–Crippen LogP) is 3.80. The van der Waals surface area contributed by atoms with Crippen LogP contribution in [-0.4, -0.2) is 30.5 Å². The van der Waals surface area contributed by atoms with Gasteiger partial charge >= 0.3 is 0 Å². The van der Waals surface area contributed by atoms with Crippen molar-refractivity contribution in [2.75, 3.05) is 19.7 Å². The van der Waals surface area contributed by atoms with Gasteiger partial charge in [0, 0.05) is 18.7 Å². The first-order valence-electron chi connectivity index (χ1n) is 8.64. The summed E-state index contributed by atoms with van der Waals surface area (Å²) in [6.07, 6.45) is 1.88. The van der Waals surface area contributed by atoms with Crippen LogP contribution in [-0.2, 0) is 0 Å². The molecule has 2 aromatic carbocycles. The van der Waals surface area contributed by atoms with E-state index in [-0.39, 0.29) is 5.91 Å². The van der Waals surface area contributed by atoms with Gasteiger partial charge in [0.25, 0.3) is 5.91 Å². The molecule has 1 heterocycles. The number of amides is 1. The number of benzene rings is 2. The Kier molecular flexibility index (Phi) is 5.35. The average Bonchev–Trinajstić information content (AvgIpc) is 2.66. The highest BCUT2D eigenvalue weighted by Crippen LogP contribution is 2.21. The molecule has 25 heavy (non-hydrogen) atoms. The molecule has 0 N–H and O–H groups in total. The minimum absolute atomic E-state index is 0.00940. The molecular formula is C21H22N2O2. The number of aryl methyl sites for hydroxylation is 1. The lowest BCUT2D eigenvalue weighted by molar-refractivity contribution is 0.0661. The van der Waals surface area contributed by atoms with Gasteiger partial charge in [-0.25, -0.2) is 0 Å². The van der Waals surface area contributed by atoms with Gasteiger partial charge in [0.15, 0.2) is 0 Å². The quantitative estimate of drug-likeness (QED) is 0.854. The van der Waals surface area contributed by atoms with Crippen molar-refractivity contribution in [3.05, 3.63) is 65.2 Å². The molecule has 0 saturated carbocycles. The van der Waals surface area contributed by atoms with Crippen molar-refractivity contribution in [1.29, 1.82) is 5.26 Å². The van der Waals surface area contributed by atoms with E-state index in [1.807, 2.05) is 23.1 Å². The van der Waals surface area contributed by atoms with Crippen molar-refractivity contribution in [3.63, 3.8) is 0 Å². The summed E-state index contributed by atoms with van der Waals surface area (Å²) < 4.78 is 5.90. The Morgan fingerprint density at radius 1 is 1.20 bits per heavy atom. The Bertz CT molecular complexity index is 786. The third-order valence-corrected chi connectivity index (χ3v) is 4.62. The molecule has 1 aliphatic rings. The number of hydrogen-bond acceptors (Lipinski definition) is 3. The van der Waals surface area contributed by atoms with Crippen LogP contribution < -0.4 is 4.74 Å². The van der Waals surface area contributed by atoms with Gasteiger partial charge in [0.05, 0.1) is 18.2 Å². The maximum atomic E-state index is 12.6. The number of nitrogens with zero attached hydrogens (tertiary/aromatic N) is 2. The van der Waals surface area contributed by atoms with Gasteiger partial charge < -0.3 is 9.64 Å². The number of rotatable bonds is 4. The zero-order valence-corrected chi connectivity index (χ0v) is 14.4. The summed E-state index contributed by atoms with van der Waals surface area (Å²) in [5, 5.41) is 8.97. The minimum Gasteiger partial charge on any atom is -0.493 e. The Hall–Kier alpha value is -2.80. The van der Waals surface area contributed by atoms with E-state index in [1.54, 1.807) is 24.3 Å². The Balaban J connectivity index is 1.51. The Labute approximate surface area is 148 Å². The number of hydrogen-bond donors (Lipinski definition) is 0. The van der Waals surface area contributed by atoms with Crippen LogP contribution in [0, 0.1) is 24.2 Å². The molecule has 1 saturated heterocycles. The van der Waals surface area contributed by atoms with Crippen molar-refractivity contribution in [1.82, 2.24) is 4.90 Å². The van der Waals surface area contributed by atoms with Crippen LogP contribution in [0.2, 0.25) is 0 Å². The largest absolute Gasteiger partial charge is 0.493 e. The van der Waals surface area contributed by atoms with Crippen LogP contribution in [0.3, 0.4) is 0 Å². The second kappa shape index (κ2) is 7.85. The molecule has 0 spiro atoms. The van der Waals surface area contributed by atoms with Gasteiger partial charge in [0.1, 0.15) is 5.75 Å². The number of piperidine rings is 1. The lowest BCUT2D eigenvalue weighted by Crippen LogP contribution is -2.39. The van der Waals surface area contributed by atoms with Crippen LogP contribution in [0.25, 0.3) is 0 Å². The third-order valence-electron chi connectivity index (χ3n) is 4.62. The predicted molar refractivity (Wildman–Crippen MR) is 96.5 cm³/mol. The number of ether oxygens (including phenoxy) is 1. The van der Waals surface area contributed by atoms with E-state index in [0.717, 1.165) is 31.7 Å². The van der Waals surface area contributed by atoms with E-state index in [1.165, 1.54) is 5.56 Å². The molecular weight excluding hydrogens is 312 g/mol. The topological polar surface area (TPSA) is 53.3 Å². The summed E-state index contributed by atoms with van der Waals surface area (Å²) in [5.74, 6) is 1.39. The Morgan fingerprint density at radius 3 is 2.68 bits per heavy atom. The van der Waals surface area contributed by atoms with Crippen molar-refractivity contribution < 1.29 is 9.53 Å². The van der Waals surface area contributed by atoms with Gasteiger partial charge in [-0.15, -0.1) is 0 Å². The number of likely N-dealkylation sites (tertiary alicyclic amines) is 1. The molecule has 1 amide bonds. The smallest absolute Gasteiger partial charge is 0.253 e. The average molecular weight is 334 g/mol. The molecule has 4 nitrogen and oxygen atoms in total. The monoisotopic (exact) mass is 334 g/mol. The molecule has 3 rings (SSSR count). The van der Waals surface area contributed by atoms with Crippen molar-refractivity contribution in [3.8, 4) is 11.8 Å². The molecule has 0 aliphatic carbocycles. The summed E-state index contributed by atoms with van der Waals surface area (Å²) in [4.78, 5) is 14.5. The highest BCUT2D eigenvalue weighted by Gasteiger charge is 2.24. The summed E-state index contributed by atoms with van der Waals surface area (Å²) in [5.41, 5.74) is 2.30. The molecule has 4 heteroatoms. The summed E-state index contributed by atoms with van der Waals surface area (Å²) in [7, 11) is 0. The molecule has 2 aromatic rings. The lowest BCUT2D eigenvalue weighted by atomic mass is 9.97. The second-order valence-corrected chi connectivity index (χ2v) is 6.56. The molecule has 0 aromatic heterocycles. The van der Waals surface area contributed by atoms with E-state index >= 15 is 0 Å². The van der Waals surface area contributed by atoms with E-state index in [4.69, 9.17) is 10.00 Å². The van der Waals surface area contributed by atoms with Gasteiger partial charge in [-0.3, -0.25) is 4.79 Å². The van der Waals surface area contributed by atoms with Crippen molar-refractivity contribution >= 4 is 5.91 Å². The van der Waals surface area contributed by atoms with E-state index in [0.29, 0.717) is 23.7 Å². The highest BCUT2D eigenvalue weighted by molar-refractivity contribution is 5.94. The molecule has 0 radical (unpaired) electrons. The van der Waals surface area contributed by atoms with Crippen LogP contribution in [0.15, 0.2) is 48.5 Å². The van der Waals surface area contributed by atoms with E-state index in [2.05, 4.69) is 19.1 Å². The fourth-order valence-corrected chi connectivity index (χ4v) is 3.13. The molecule has 0 atom stereocenters. The second-order valence-electron chi connectivity index (χ2n) is 6.56. The highest BCUT2D eigenvalue weighted by atomic mass is 16.5. The zero-order chi connectivity index (χ0) is 17.6. The minimum atomic E-state index is 0.00940. The van der Waals surface area contributed by atoms with Gasteiger partial charge in [-0.1, -0.05) is 18.2 Å². The van der Waals surface area contributed by atoms with Crippen LogP contribution in [0.4, 0.5) is 0 Å². The summed E-state index contributed by atoms with van der Waals surface area (Å²) >= 11 is 0. The summed E-state index contributed by atoms with van der Waals surface area (Å²) in [6.45, 7) is 4.21. The lowest BCUT2D eigenvalue weighted by Gasteiger charge is -2.32. The standard InChI is InChI=1S/C21H22N2O2/c1-16-4-2-7-20(12-16)25-15-17-8-10-23(11-9-17)21(24)19-6-3-5-18(13-19)14-22/h2-7,12-13,17H,8-11,15H2,1H3. The molecule has 0 bridgehead atoms. The van der Waals surface area contributed by atoms with Gasteiger partial charge in [0.2, 0.25) is 0 Å². The number of carbonyl (C=O) groups is 1. The van der Waals surface area contributed by atoms with Crippen molar-refractivity contribution in [2.24, 2.45) is 5.92 Å². The normalized spacial score (nSPS) is 14.8. The first kappa shape index (κ1) is 17.0. The summed E-state index contributed by atoms with van der Waals surface area (Å²) in [6, 6.07) is 17.1. The molecule has 128 valence electrons. The van der Waals surface area contributed by atoms with Crippen LogP contribution in [0.1, 0.15) is 34.3 Å². The van der Waals surface area contributed by atoms with E-state index < -0.39 is 0 Å². The first-order valence-corrected chi connectivity index (χ1v) is 8.64. The third kappa shape index (κ3) is 4.39. The maximum Gasteiger partial charge on any atom is 0.253 e. The van der Waals surface area contributed by atoms with Gasteiger partial charge in [-0.2, -0.15) is 5.26 Å². The Morgan fingerprint density at radius 2 is 1.96 bits per heavy atom. The van der Waals surface area contributed by atoms with Crippen molar-refractivity contribution in [2.45, 2.75) is 19.8 Å².